The van der Waals surface area contributed by atoms with Gasteiger partial charge in [-0.2, -0.15) is 0 Å². The fourth-order valence-corrected chi connectivity index (χ4v) is 2.26. The molecule has 3 rings (SSSR count). The summed E-state index contributed by atoms with van der Waals surface area (Å²) in [5.74, 6) is -1.53. The van der Waals surface area contributed by atoms with Crippen molar-refractivity contribution in [3.63, 3.8) is 0 Å². The maximum absolute atomic E-state index is 13.8. The zero-order valence-corrected chi connectivity index (χ0v) is 10.6. The van der Waals surface area contributed by atoms with Crippen molar-refractivity contribution in [2.75, 3.05) is 0 Å². The number of rotatable bonds is 3. The summed E-state index contributed by atoms with van der Waals surface area (Å²) < 4.78 is 26.8. The molecule has 1 amide bonds. The van der Waals surface area contributed by atoms with Crippen molar-refractivity contribution in [2.24, 2.45) is 0 Å². The second kappa shape index (κ2) is 4.67. The van der Waals surface area contributed by atoms with Gasteiger partial charge in [0, 0.05) is 29.6 Å². The van der Waals surface area contributed by atoms with E-state index in [-0.39, 0.29) is 5.91 Å². The summed E-state index contributed by atoms with van der Waals surface area (Å²) in [7, 11) is 0. The summed E-state index contributed by atoms with van der Waals surface area (Å²) in [5.41, 5.74) is 0.0908. The molecule has 0 spiro atoms. The normalized spacial score (nSPS) is 15.7. The van der Waals surface area contributed by atoms with E-state index in [0.29, 0.717) is 24.0 Å². The quantitative estimate of drug-likeness (QED) is 0.935. The second-order valence-corrected chi connectivity index (χ2v) is 4.90. The fraction of sp³-hybridized carbons (Fsp3) is 0.200. The molecule has 1 saturated carbocycles. The zero-order chi connectivity index (χ0) is 14.2. The third kappa shape index (κ3) is 2.27. The average Bonchev–Trinajstić information content (AvgIpc) is 3.20. The van der Waals surface area contributed by atoms with Crippen molar-refractivity contribution in [3.05, 3.63) is 65.5 Å². The lowest BCUT2D eigenvalue weighted by Crippen LogP contribution is -2.35. The van der Waals surface area contributed by atoms with Gasteiger partial charge in [0.1, 0.15) is 11.6 Å². The SMILES string of the molecule is O=C(NC1(c2ccc(F)cc2F)CC1)c1ccncc1. The lowest BCUT2D eigenvalue weighted by Gasteiger charge is -2.18. The minimum atomic E-state index is -0.710. The molecule has 20 heavy (non-hydrogen) atoms. The van der Waals surface area contributed by atoms with Crippen molar-refractivity contribution in [2.45, 2.75) is 18.4 Å². The van der Waals surface area contributed by atoms with Gasteiger partial charge in [0.25, 0.3) is 5.91 Å². The topological polar surface area (TPSA) is 42.0 Å². The van der Waals surface area contributed by atoms with Crippen LogP contribution in [0.1, 0.15) is 28.8 Å². The predicted octanol–water partition coefficient (Wildman–Crippen LogP) is 2.78. The Labute approximate surface area is 114 Å². The number of carbonyl (C=O) groups is 1. The van der Waals surface area contributed by atoms with Gasteiger partial charge in [0.15, 0.2) is 0 Å². The van der Waals surface area contributed by atoms with E-state index in [1.807, 2.05) is 0 Å². The third-order valence-electron chi connectivity index (χ3n) is 3.49. The van der Waals surface area contributed by atoms with Gasteiger partial charge in [-0.3, -0.25) is 9.78 Å². The van der Waals surface area contributed by atoms with Gasteiger partial charge >= 0.3 is 0 Å². The highest BCUT2D eigenvalue weighted by molar-refractivity contribution is 5.94. The Morgan fingerprint density at radius 1 is 1.15 bits per heavy atom. The lowest BCUT2D eigenvalue weighted by molar-refractivity contribution is 0.0930. The number of nitrogens with one attached hydrogen (secondary N) is 1. The Kier molecular flexibility index (Phi) is 2.97. The van der Waals surface area contributed by atoms with Crippen LogP contribution in [-0.2, 0) is 5.54 Å². The molecular formula is C15H12F2N2O. The molecule has 1 fully saturated rings. The van der Waals surface area contributed by atoms with Crippen LogP contribution in [0.2, 0.25) is 0 Å². The molecule has 0 unspecified atom stereocenters. The summed E-state index contributed by atoms with van der Waals surface area (Å²) in [6.07, 6.45) is 4.33. The Bertz CT molecular complexity index is 654. The molecule has 0 bridgehead atoms. The van der Waals surface area contributed by atoms with E-state index in [4.69, 9.17) is 0 Å². The zero-order valence-electron chi connectivity index (χ0n) is 10.6. The molecule has 2 aromatic rings. The maximum Gasteiger partial charge on any atom is 0.252 e. The second-order valence-electron chi connectivity index (χ2n) is 4.90. The van der Waals surface area contributed by atoms with Crippen LogP contribution in [-0.4, -0.2) is 10.9 Å². The van der Waals surface area contributed by atoms with E-state index >= 15 is 0 Å². The molecular weight excluding hydrogens is 262 g/mol. The molecule has 0 radical (unpaired) electrons. The van der Waals surface area contributed by atoms with Crippen LogP contribution in [0.3, 0.4) is 0 Å². The Balaban J connectivity index is 1.85. The van der Waals surface area contributed by atoms with Gasteiger partial charge in [-0.25, -0.2) is 8.78 Å². The maximum atomic E-state index is 13.8. The van der Waals surface area contributed by atoms with Crippen molar-refractivity contribution < 1.29 is 13.6 Å². The van der Waals surface area contributed by atoms with Gasteiger partial charge in [0.05, 0.1) is 5.54 Å². The van der Waals surface area contributed by atoms with Crippen molar-refractivity contribution >= 4 is 5.91 Å². The third-order valence-corrected chi connectivity index (χ3v) is 3.49. The van der Waals surface area contributed by atoms with Gasteiger partial charge in [0.2, 0.25) is 0 Å². The molecule has 1 aromatic heterocycles. The molecule has 1 aromatic carbocycles. The molecule has 1 aliphatic rings. The van der Waals surface area contributed by atoms with E-state index in [9.17, 15) is 13.6 Å². The largest absolute Gasteiger partial charge is 0.342 e. The number of nitrogens with zero attached hydrogens (tertiary/aromatic N) is 1. The highest BCUT2D eigenvalue weighted by Gasteiger charge is 2.47. The summed E-state index contributed by atoms with van der Waals surface area (Å²) >= 11 is 0. The minimum Gasteiger partial charge on any atom is -0.342 e. The van der Waals surface area contributed by atoms with Gasteiger partial charge in [-0.15, -0.1) is 0 Å². The van der Waals surface area contributed by atoms with Crippen molar-refractivity contribution in [1.29, 1.82) is 0 Å². The van der Waals surface area contributed by atoms with Gasteiger partial charge < -0.3 is 5.32 Å². The van der Waals surface area contributed by atoms with E-state index in [2.05, 4.69) is 10.3 Å². The van der Waals surface area contributed by atoms with Gasteiger partial charge in [-0.1, -0.05) is 6.07 Å². The molecule has 5 heteroatoms. The predicted molar refractivity (Wildman–Crippen MR) is 69.0 cm³/mol. The number of hydrogen-bond donors (Lipinski definition) is 1. The van der Waals surface area contributed by atoms with Crippen LogP contribution in [0.15, 0.2) is 42.7 Å². The molecule has 3 nitrogen and oxygen atoms in total. The van der Waals surface area contributed by atoms with Crippen LogP contribution >= 0.6 is 0 Å². The average molecular weight is 274 g/mol. The van der Waals surface area contributed by atoms with E-state index in [1.165, 1.54) is 24.5 Å². The summed E-state index contributed by atoms with van der Waals surface area (Å²) in [6.45, 7) is 0. The molecule has 1 aliphatic carbocycles. The first-order valence-corrected chi connectivity index (χ1v) is 6.29. The number of pyridine rings is 1. The van der Waals surface area contributed by atoms with E-state index < -0.39 is 17.2 Å². The number of benzene rings is 1. The number of carbonyl (C=O) groups excluding carboxylic acids is 1. The number of aromatic nitrogens is 1. The van der Waals surface area contributed by atoms with Crippen LogP contribution in [0, 0.1) is 11.6 Å². The summed E-state index contributed by atoms with van der Waals surface area (Å²) in [5, 5.41) is 2.83. The van der Waals surface area contributed by atoms with Crippen molar-refractivity contribution in [3.8, 4) is 0 Å². The monoisotopic (exact) mass is 274 g/mol. The minimum absolute atomic E-state index is 0.284. The van der Waals surface area contributed by atoms with Crippen molar-refractivity contribution in [1.82, 2.24) is 10.3 Å². The molecule has 0 saturated heterocycles. The summed E-state index contributed by atoms with van der Waals surface area (Å²) in [4.78, 5) is 16.0. The highest BCUT2D eigenvalue weighted by Crippen LogP contribution is 2.46. The first kappa shape index (κ1) is 12.7. The van der Waals surface area contributed by atoms with Crippen LogP contribution in [0.5, 0.6) is 0 Å². The first-order valence-electron chi connectivity index (χ1n) is 6.29. The van der Waals surface area contributed by atoms with Crippen LogP contribution < -0.4 is 5.32 Å². The van der Waals surface area contributed by atoms with Crippen LogP contribution in [0.25, 0.3) is 0 Å². The molecule has 102 valence electrons. The number of hydrogen-bond acceptors (Lipinski definition) is 2. The first-order chi connectivity index (χ1) is 9.61. The molecule has 0 aliphatic heterocycles. The smallest absolute Gasteiger partial charge is 0.252 e. The number of amides is 1. The standard InChI is InChI=1S/C15H12F2N2O/c16-11-1-2-12(13(17)9-11)15(5-6-15)19-14(20)10-3-7-18-8-4-10/h1-4,7-9H,5-6H2,(H,19,20). The van der Waals surface area contributed by atoms with Crippen LogP contribution in [0.4, 0.5) is 8.78 Å². The number of halogens is 2. The Morgan fingerprint density at radius 2 is 1.85 bits per heavy atom. The van der Waals surface area contributed by atoms with E-state index in [1.54, 1.807) is 12.1 Å². The molecule has 1 N–H and O–H groups in total. The fourth-order valence-electron chi connectivity index (χ4n) is 2.26. The highest BCUT2D eigenvalue weighted by atomic mass is 19.1. The Hall–Kier alpha value is -2.30. The van der Waals surface area contributed by atoms with Gasteiger partial charge in [-0.05, 0) is 31.0 Å². The summed E-state index contributed by atoms with van der Waals surface area (Å²) in [6, 6.07) is 6.62. The molecule has 0 atom stereocenters. The van der Waals surface area contributed by atoms with E-state index in [0.717, 1.165) is 6.07 Å². The Morgan fingerprint density at radius 3 is 2.45 bits per heavy atom. The lowest BCUT2D eigenvalue weighted by atomic mass is 10.0. The molecule has 1 heterocycles.